The van der Waals surface area contributed by atoms with E-state index < -0.39 is 34.5 Å². The van der Waals surface area contributed by atoms with E-state index in [1.807, 2.05) is 0 Å². The second kappa shape index (κ2) is 9.14. The molecule has 35 heavy (non-hydrogen) atoms. The first kappa shape index (κ1) is 24.7. The van der Waals surface area contributed by atoms with Crippen LogP contribution in [0.3, 0.4) is 0 Å². The lowest BCUT2D eigenvalue weighted by Crippen LogP contribution is -2.50. The maximum atomic E-state index is 13.7. The van der Waals surface area contributed by atoms with Crippen LogP contribution in [0.5, 0.6) is 0 Å². The number of benzene rings is 2. The Balaban J connectivity index is 1.58. The molecule has 0 aromatic heterocycles. The molecule has 182 valence electrons. The molecular formula is C23H17Br2Cl2N3O5. The van der Waals surface area contributed by atoms with Crippen molar-refractivity contribution in [1.29, 1.82) is 0 Å². The average molecular weight is 646 g/mol. The third kappa shape index (κ3) is 3.89. The molecule has 1 heterocycles. The van der Waals surface area contributed by atoms with E-state index in [4.69, 9.17) is 23.2 Å². The van der Waals surface area contributed by atoms with E-state index >= 15 is 0 Å². The summed E-state index contributed by atoms with van der Waals surface area (Å²) in [6.45, 7) is -0.390. The van der Waals surface area contributed by atoms with Crippen LogP contribution in [0.25, 0.3) is 0 Å². The van der Waals surface area contributed by atoms with Gasteiger partial charge in [-0.2, -0.15) is 5.01 Å². The lowest BCUT2D eigenvalue weighted by atomic mass is 9.81. The molecule has 2 saturated carbocycles. The van der Waals surface area contributed by atoms with Crippen LogP contribution in [0.4, 0.5) is 5.69 Å². The van der Waals surface area contributed by atoms with E-state index in [-0.39, 0.29) is 54.9 Å². The number of imide groups is 1. The number of nitrogens with zero attached hydrogens (tertiary/aromatic N) is 3. The van der Waals surface area contributed by atoms with E-state index in [1.165, 1.54) is 30.3 Å². The van der Waals surface area contributed by atoms with Crippen molar-refractivity contribution in [3.05, 3.63) is 73.8 Å². The van der Waals surface area contributed by atoms with Gasteiger partial charge in [-0.05, 0) is 42.5 Å². The molecule has 6 atom stereocenters. The summed E-state index contributed by atoms with van der Waals surface area (Å²) in [5.74, 6) is -2.91. The Morgan fingerprint density at radius 3 is 2.23 bits per heavy atom. The van der Waals surface area contributed by atoms with Gasteiger partial charge in [-0.25, -0.2) is 5.01 Å². The molecule has 0 radical (unpaired) electrons. The van der Waals surface area contributed by atoms with Crippen molar-refractivity contribution < 1.29 is 19.3 Å². The predicted molar refractivity (Wildman–Crippen MR) is 135 cm³/mol. The number of hydrogen-bond acceptors (Lipinski definition) is 5. The zero-order valence-electron chi connectivity index (χ0n) is 17.8. The fraction of sp³-hybridized carbons (Fsp3) is 0.348. The topological polar surface area (TPSA) is 101 Å². The van der Waals surface area contributed by atoms with E-state index in [2.05, 4.69) is 31.9 Å². The van der Waals surface area contributed by atoms with Crippen molar-refractivity contribution in [3.8, 4) is 0 Å². The first-order chi connectivity index (χ1) is 16.6. The molecule has 8 nitrogen and oxygen atoms in total. The Morgan fingerprint density at radius 1 is 1.06 bits per heavy atom. The fourth-order valence-corrected chi connectivity index (χ4v) is 7.84. The van der Waals surface area contributed by atoms with Crippen LogP contribution in [-0.4, -0.2) is 42.3 Å². The number of nitro benzene ring substituents is 1. The van der Waals surface area contributed by atoms with Crippen molar-refractivity contribution >= 4 is 78.5 Å². The minimum absolute atomic E-state index is 0.0236. The van der Waals surface area contributed by atoms with Gasteiger partial charge in [0, 0.05) is 20.7 Å². The molecule has 12 heteroatoms. The average Bonchev–Trinajstić information content (AvgIpc) is 3.43. The number of amides is 3. The predicted octanol–water partition coefficient (Wildman–Crippen LogP) is 5.24. The number of nitro groups is 1. The van der Waals surface area contributed by atoms with Crippen LogP contribution >= 0.6 is 55.1 Å². The minimum atomic E-state index is -0.709. The molecule has 0 spiro atoms. The highest BCUT2D eigenvalue weighted by atomic mass is 79.9. The zero-order chi connectivity index (χ0) is 25.2. The summed E-state index contributed by atoms with van der Waals surface area (Å²) in [5.41, 5.74) is -0.129. The summed E-state index contributed by atoms with van der Waals surface area (Å²) in [5, 5.41) is 13.8. The lowest BCUT2D eigenvalue weighted by Gasteiger charge is -2.31. The largest absolute Gasteiger partial charge is 0.275 e. The van der Waals surface area contributed by atoms with E-state index in [0.717, 1.165) is 16.4 Å². The molecule has 3 fully saturated rings. The molecule has 1 saturated heterocycles. The molecule has 2 aromatic carbocycles. The van der Waals surface area contributed by atoms with Crippen LogP contribution in [0.2, 0.25) is 10.0 Å². The Kier molecular flexibility index (Phi) is 6.44. The molecule has 3 amide bonds. The van der Waals surface area contributed by atoms with Crippen molar-refractivity contribution in [2.75, 3.05) is 0 Å². The molecular weight excluding hydrogens is 629 g/mol. The van der Waals surface area contributed by atoms with E-state index in [9.17, 15) is 24.5 Å². The van der Waals surface area contributed by atoms with Gasteiger partial charge in [0.1, 0.15) is 0 Å². The van der Waals surface area contributed by atoms with Gasteiger partial charge in [-0.3, -0.25) is 24.5 Å². The quantitative estimate of drug-likeness (QED) is 0.192. The van der Waals surface area contributed by atoms with Gasteiger partial charge < -0.3 is 0 Å². The van der Waals surface area contributed by atoms with Crippen molar-refractivity contribution in [1.82, 2.24) is 10.0 Å². The van der Waals surface area contributed by atoms with Crippen molar-refractivity contribution in [2.45, 2.75) is 22.6 Å². The summed E-state index contributed by atoms with van der Waals surface area (Å²) in [4.78, 5) is 52.1. The summed E-state index contributed by atoms with van der Waals surface area (Å²) < 4.78 is 0. The lowest BCUT2D eigenvalue weighted by molar-refractivity contribution is -0.385. The maximum absolute atomic E-state index is 13.7. The molecule has 5 rings (SSSR count). The number of carbonyl (C=O) groups is 3. The SMILES string of the molecule is O=C(c1ccccc1Cl)N(Cc1ccc(Cl)cc1[N+](=O)[O-])N1C(=O)[C@@H]2[C@H]3C[C@@H]([C@H](Br)[C@H]3Br)[C@@H]2C1=O. The second-order valence-electron chi connectivity index (χ2n) is 8.86. The molecule has 2 bridgehead atoms. The summed E-state index contributed by atoms with van der Waals surface area (Å²) in [6, 6.07) is 10.3. The Morgan fingerprint density at radius 2 is 1.66 bits per heavy atom. The summed E-state index contributed by atoms with van der Waals surface area (Å²) >= 11 is 19.5. The second-order valence-corrected chi connectivity index (χ2v) is 11.8. The van der Waals surface area contributed by atoms with Crippen molar-refractivity contribution in [2.24, 2.45) is 23.7 Å². The number of hydrogen-bond donors (Lipinski definition) is 0. The van der Waals surface area contributed by atoms with Gasteiger partial charge in [0.05, 0.1) is 39.5 Å². The monoisotopic (exact) mass is 643 g/mol. The van der Waals surface area contributed by atoms with Gasteiger partial charge in [0.2, 0.25) is 0 Å². The van der Waals surface area contributed by atoms with Gasteiger partial charge in [0.25, 0.3) is 23.4 Å². The zero-order valence-corrected chi connectivity index (χ0v) is 22.5. The Labute approximate surface area is 226 Å². The first-order valence-electron chi connectivity index (χ1n) is 10.8. The molecule has 2 aliphatic carbocycles. The molecule has 0 N–H and O–H groups in total. The summed E-state index contributed by atoms with van der Waals surface area (Å²) in [6.07, 6.45) is 0.730. The standard InChI is InChI=1S/C23H17Br2Cl2N3O5/c24-19-13-8-14(20(19)25)18-17(13)22(32)29(23(18)33)28(21(31)12-3-1-2-4-15(12)27)9-10-5-6-11(26)7-16(10)30(34)35/h1-7,13-14,17-20H,8-9H2/t13-,14-,17-,18+,19+,20+/m1/s1. The molecule has 0 unspecified atom stereocenters. The summed E-state index contributed by atoms with van der Waals surface area (Å²) in [7, 11) is 0. The molecule has 2 aromatic rings. The number of halogens is 4. The van der Waals surface area contributed by atoms with Gasteiger partial charge in [-0.15, -0.1) is 0 Å². The fourth-order valence-electron chi connectivity index (χ4n) is 5.58. The van der Waals surface area contributed by atoms with Crippen LogP contribution in [0, 0.1) is 33.8 Å². The third-order valence-corrected chi connectivity index (χ3v) is 10.9. The minimum Gasteiger partial charge on any atom is -0.272 e. The molecule has 1 aliphatic heterocycles. The third-order valence-electron chi connectivity index (χ3n) is 7.11. The Hall–Kier alpha value is -2.01. The van der Waals surface area contributed by atoms with Crippen LogP contribution in [-0.2, 0) is 16.1 Å². The van der Waals surface area contributed by atoms with Crippen LogP contribution in [0.1, 0.15) is 22.3 Å². The maximum Gasteiger partial charge on any atom is 0.275 e. The number of rotatable bonds is 5. The smallest absolute Gasteiger partial charge is 0.272 e. The highest BCUT2D eigenvalue weighted by Gasteiger charge is 2.67. The van der Waals surface area contributed by atoms with Gasteiger partial charge >= 0.3 is 0 Å². The normalized spacial score (nSPS) is 29.0. The van der Waals surface area contributed by atoms with Gasteiger partial charge in [-0.1, -0.05) is 67.2 Å². The number of carbonyl (C=O) groups excluding carboxylic acids is 3. The highest BCUT2D eigenvalue weighted by Crippen LogP contribution is 2.60. The van der Waals surface area contributed by atoms with Crippen LogP contribution < -0.4 is 0 Å². The van der Waals surface area contributed by atoms with E-state index in [1.54, 1.807) is 12.1 Å². The molecule has 3 aliphatic rings. The number of alkyl halides is 2. The first-order valence-corrected chi connectivity index (χ1v) is 13.4. The van der Waals surface area contributed by atoms with Crippen molar-refractivity contribution in [3.63, 3.8) is 0 Å². The Bertz CT molecular complexity index is 1250. The number of fused-ring (bicyclic) bond motifs is 5. The van der Waals surface area contributed by atoms with Gasteiger partial charge in [0.15, 0.2) is 0 Å². The van der Waals surface area contributed by atoms with E-state index in [0.29, 0.717) is 0 Å². The number of hydrazine groups is 1. The highest BCUT2D eigenvalue weighted by molar-refractivity contribution is 9.12. The van der Waals surface area contributed by atoms with Crippen LogP contribution in [0.15, 0.2) is 42.5 Å².